The topological polar surface area (TPSA) is 119 Å². The number of hydrogen-bond acceptors (Lipinski definition) is 8. The van der Waals surface area contributed by atoms with Crippen LogP contribution in [0, 0.1) is 11.8 Å². The number of hydrogen-bond donors (Lipinski definition) is 2. The Bertz CT molecular complexity index is 2480. The number of nitrogens with zero attached hydrogens (tertiary/aromatic N) is 2. The quantitative estimate of drug-likeness (QED) is 0.0459. The summed E-state index contributed by atoms with van der Waals surface area (Å²) in [5, 5.41) is 0. The van der Waals surface area contributed by atoms with Crippen molar-refractivity contribution in [3.05, 3.63) is 80.8 Å². The molecule has 0 bridgehead atoms. The molecule has 4 N–H and O–H groups in total. The largest absolute Gasteiger partial charge is 0.458 e. The summed E-state index contributed by atoms with van der Waals surface area (Å²) >= 11 is 3.59. The van der Waals surface area contributed by atoms with Crippen LogP contribution in [0.25, 0.3) is 31.8 Å². The molecule has 73 heavy (non-hydrogen) atoms. The maximum atomic E-state index is 15.8. The zero-order chi connectivity index (χ0) is 52.3. The van der Waals surface area contributed by atoms with E-state index in [0.717, 1.165) is 68.4 Å². The molecule has 2 aliphatic heterocycles. The Labute approximate surface area is 449 Å². The Balaban J connectivity index is 1.32. The van der Waals surface area contributed by atoms with Gasteiger partial charge < -0.3 is 30.1 Å². The van der Waals surface area contributed by atoms with Gasteiger partial charge in [0.25, 0.3) is 11.8 Å². The van der Waals surface area contributed by atoms with E-state index in [2.05, 4.69) is 66.7 Å². The third-order valence-corrected chi connectivity index (χ3v) is 18.8. The smallest absolute Gasteiger partial charge is 0.261 e. The average molecular weight is 1040 g/mol. The Morgan fingerprint density at radius 1 is 0.562 bits per heavy atom. The summed E-state index contributed by atoms with van der Waals surface area (Å²) < 4.78 is 13.7. The lowest BCUT2D eigenvalue weighted by atomic mass is 9.87. The van der Waals surface area contributed by atoms with Gasteiger partial charge in [-0.05, 0) is 125 Å². The predicted octanol–water partition coefficient (Wildman–Crippen LogP) is 17.9. The van der Waals surface area contributed by atoms with Crippen LogP contribution in [0.1, 0.15) is 256 Å². The number of rotatable bonds is 33. The van der Waals surface area contributed by atoms with Crippen molar-refractivity contribution in [1.82, 2.24) is 9.80 Å². The highest BCUT2D eigenvalue weighted by molar-refractivity contribution is 7.24. The first-order chi connectivity index (χ1) is 35.1. The van der Waals surface area contributed by atoms with Crippen molar-refractivity contribution in [2.24, 2.45) is 23.3 Å². The molecular formula is C63H94N4O4S2. The molecule has 2 amide bonds. The molecule has 2 unspecified atom stereocenters. The van der Waals surface area contributed by atoms with Crippen LogP contribution in [0.5, 0.6) is 0 Å². The molecule has 8 nitrogen and oxygen atoms in total. The van der Waals surface area contributed by atoms with Crippen molar-refractivity contribution < 1.29 is 18.4 Å². The highest BCUT2D eigenvalue weighted by atomic mass is 32.1. The third-order valence-electron chi connectivity index (χ3n) is 16.0. The number of nitrogens with two attached hydrogens (primary N) is 2. The third kappa shape index (κ3) is 14.0. The average Bonchev–Trinajstić information content (AvgIpc) is 4.22. The summed E-state index contributed by atoms with van der Waals surface area (Å²) in [6, 6.07) is 12.6. The summed E-state index contributed by atoms with van der Waals surface area (Å²) in [4.78, 5) is 40.4. The van der Waals surface area contributed by atoms with Gasteiger partial charge in [0.15, 0.2) is 11.5 Å². The summed E-state index contributed by atoms with van der Waals surface area (Å²) in [7, 11) is 0. The second-order valence-corrected chi connectivity index (χ2v) is 25.7. The van der Waals surface area contributed by atoms with Crippen molar-refractivity contribution >= 4 is 45.9 Å². The van der Waals surface area contributed by atoms with Gasteiger partial charge in [-0.15, -0.1) is 22.7 Å². The number of carbonyl (C=O) groups excluding carboxylic acids is 2. The normalized spacial score (nSPS) is 16.9. The maximum absolute atomic E-state index is 15.8. The summed E-state index contributed by atoms with van der Waals surface area (Å²) in [6.45, 7) is 20.5. The molecule has 4 aromatic rings. The van der Waals surface area contributed by atoms with Crippen LogP contribution in [0.15, 0.2) is 56.4 Å². The molecule has 1 aliphatic carbocycles. The van der Waals surface area contributed by atoms with Crippen molar-refractivity contribution in [3.63, 3.8) is 0 Å². The molecule has 3 atom stereocenters. The molecule has 3 aliphatic rings. The Hall–Kier alpha value is -3.70. The van der Waals surface area contributed by atoms with E-state index >= 15 is 9.59 Å². The molecule has 0 saturated carbocycles. The fraction of sp³-hybridized carbons (Fsp3) is 0.651. The molecule has 10 heteroatoms. The van der Waals surface area contributed by atoms with Crippen molar-refractivity contribution in [1.29, 1.82) is 0 Å². The highest BCUT2D eigenvalue weighted by Gasteiger charge is 2.51. The van der Waals surface area contributed by atoms with Gasteiger partial charge in [-0.25, -0.2) is 0 Å². The van der Waals surface area contributed by atoms with Gasteiger partial charge in [0, 0.05) is 33.3 Å². The van der Waals surface area contributed by atoms with E-state index in [4.69, 9.17) is 20.3 Å². The lowest BCUT2D eigenvalue weighted by molar-refractivity contribution is -0.124. The monoisotopic (exact) mass is 1030 g/mol. The SMILES string of the molecule is CCCCCCCCC(CCCCCC)CN1C(=O)C2=C(c3ccc(C(C)(C)N)o3)N(CC(CCCCCC)CCCCCCCC)C(=O)C2=C1c1ccc(-c2cc3c(s2)-c2sc(C(C)(C)N)cc2C[C@H]3C)o1. The van der Waals surface area contributed by atoms with Crippen molar-refractivity contribution in [3.8, 4) is 20.4 Å². The van der Waals surface area contributed by atoms with Crippen LogP contribution in [-0.4, -0.2) is 34.7 Å². The Morgan fingerprint density at radius 3 is 1.47 bits per heavy atom. The van der Waals surface area contributed by atoms with E-state index in [0.29, 0.717) is 64.7 Å². The molecular weight excluding hydrogens is 941 g/mol. The molecule has 4 aromatic heterocycles. The molecule has 402 valence electrons. The van der Waals surface area contributed by atoms with E-state index in [1.54, 1.807) is 11.3 Å². The fourth-order valence-corrected chi connectivity index (χ4v) is 14.2. The van der Waals surface area contributed by atoms with Crippen molar-refractivity contribution in [2.75, 3.05) is 13.1 Å². The molecule has 0 spiro atoms. The standard InChI is InChI=1S/C63H94N4O4S2/c1-10-14-18-22-24-28-32-44(30-26-20-16-12-3)41-66-56(49-35-34-48(70-49)51-40-47-43(5)38-46-39-53(63(8,9)65)73-58(46)59(47)72-51)54-55(61(66)69)57(50-36-37-52(71-50)62(6,7)64)67(60(54)68)42-45(31-27-21-17-13-4)33-29-25-23-19-15-11-2/h34-37,39-40,43-45H,10-33,38,41-42,64-65H2,1-9H3/t43-,44?,45?/m1/s1. The van der Waals surface area contributed by atoms with Gasteiger partial charge >= 0.3 is 0 Å². The fourth-order valence-electron chi connectivity index (χ4n) is 11.6. The molecule has 0 saturated heterocycles. The van der Waals surface area contributed by atoms with E-state index in [-0.39, 0.29) is 17.7 Å². The van der Waals surface area contributed by atoms with Gasteiger partial charge in [-0.2, -0.15) is 0 Å². The van der Waals surface area contributed by atoms with Gasteiger partial charge in [0.2, 0.25) is 0 Å². The number of thiophene rings is 2. The zero-order valence-corrected chi connectivity index (χ0v) is 48.4. The Kier molecular flexibility index (Phi) is 20.6. The predicted molar refractivity (Wildman–Crippen MR) is 308 cm³/mol. The van der Waals surface area contributed by atoms with Crippen LogP contribution >= 0.6 is 22.7 Å². The first-order valence-electron chi connectivity index (χ1n) is 29.3. The summed E-state index contributed by atoms with van der Waals surface area (Å²) in [5.41, 5.74) is 17.0. The molecule has 6 heterocycles. The van der Waals surface area contributed by atoms with Gasteiger partial charge in [-0.3, -0.25) is 9.59 Å². The lowest BCUT2D eigenvalue weighted by Crippen LogP contribution is -2.35. The van der Waals surface area contributed by atoms with Crippen molar-refractivity contribution in [2.45, 2.75) is 240 Å². The molecule has 0 aromatic carbocycles. The summed E-state index contributed by atoms with van der Waals surface area (Å²) in [5.74, 6) is 3.17. The minimum atomic E-state index is -0.745. The second-order valence-electron chi connectivity index (χ2n) is 23.6. The van der Waals surface area contributed by atoms with Crippen LogP contribution in [-0.2, 0) is 27.1 Å². The minimum absolute atomic E-state index is 0.125. The minimum Gasteiger partial charge on any atom is -0.458 e. The van der Waals surface area contributed by atoms with E-state index < -0.39 is 11.1 Å². The van der Waals surface area contributed by atoms with E-state index in [1.165, 1.54) is 128 Å². The number of fused-ring (bicyclic) bond motifs is 4. The first-order valence-corrected chi connectivity index (χ1v) is 30.9. The Morgan fingerprint density at radius 2 is 1.00 bits per heavy atom. The van der Waals surface area contributed by atoms with E-state index in [1.807, 2.05) is 53.2 Å². The van der Waals surface area contributed by atoms with Crippen LogP contribution < -0.4 is 11.5 Å². The van der Waals surface area contributed by atoms with Crippen LogP contribution in [0.4, 0.5) is 0 Å². The molecule has 0 fully saturated rings. The maximum Gasteiger partial charge on any atom is 0.261 e. The number of amides is 2. The van der Waals surface area contributed by atoms with Gasteiger partial charge in [-0.1, -0.05) is 163 Å². The molecule has 0 radical (unpaired) electrons. The summed E-state index contributed by atoms with van der Waals surface area (Å²) in [6.07, 6.45) is 29.4. The van der Waals surface area contributed by atoms with Gasteiger partial charge in [0.1, 0.15) is 22.9 Å². The highest BCUT2D eigenvalue weighted by Crippen LogP contribution is 2.53. The number of furan rings is 2. The number of carbonyl (C=O) groups is 2. The van der Waals surface area contributed by atoms with Crippen LogP contribution in [0.3, 0.4) is 0 Å². The van der Waals surface area contributed by atoms with Gasteiger partial charge in [0.05, 0.1) is 21.6 Å². The molecule has 7 rings (SSSR count). The lowest BCUT2D eigenvalue weighted by Gasteiger charge is -2.29. The second kappa shape index (κ2) is 26.4. The zero-order valence-electron chi connectivity index (χ0n) is 46.8. The van der Waals surface area contributed by atoms with Crippen LogP contribution in [0.2, 0.25) is 0 Å². The van der Waals surface area contributed by atoms with E-state index in [9.17, 15) is 0 Å². The first kappa shape index (κ1) is 57.0. The number of unbranched alkanes of at least 4 members (excludes halogenated alkanes) is 16.